The summed E-state index contributed by atoms with van der Waals surface area (Å²) in [5, 5.41) is 0.663. The van der Waals surface area contributed by atoms with E-state index in [2.05, 4.69) is 0 Å². The van der Waals surface area contributed by atoms with Crippen LogP contribution in [0.2, 0.25) is 0 Å². The maximum absolute atomic E-state index is 6.01. The second-order valence-electron chi connectivity index (χ2n) is 4.28. The Labute approximate surface area is 105 Å². The summed E-state index contributed by atoms with van der Waals surface area (Å²) in [6.45, 7) is 2.52. The molecule has 4 heteroatoms. The molecule has 1 radical (unpaired) electrons. The zero-order valence-corrected chi connectivity index (χ0v) is 10.7. The number of halogens is 3. The van der Waals surface area contributed by atoms with Crippen LogP contribution in [0.1, 0.15) is 19.8 Å². The molecule has 2 aliphatic rings. The number of ether oxygens (including phenoxy) is 1. The highest BCUT2D eigenvalue weighted by molar-refractivity contribution is 6.51. The van der Waals surface area contributed by atoms with Crippen molar-refractivity contribution in [1.82, 2.24) is 0 Å². The van der Waals surface area contributed by atoms with Gasteiger partial charge >= 0.3 is 0 Å². The van der Waals surface area contributed by atoms with E-state index in [4.69, 9.17) is 39.5 Å². The van der Waals surface area contributed by atoms with E-state index in [1.165, 1.54) is 0 Å². The van der Waals surface area contributed by atoms with Gasteiger partial charge in [-0.3, -0.25) is 0 Å². The molecule has 1 unspecified atom stereocenters. The zero-order chi connectivity index (χ0) is 11.1. The van der Waals surface area contributed by atoms with Gasteiger partial charge in [-0.25, -0.2) is 0 Å². The molecule has 2 aliphatic carbocycles. The van der Waals surface area contributed by atoms with E-state index in [0.29, 0.717) is 17.4 Å². The van der Waals surface area contributed by atoms with Crippen LogP contribution in [-0.4, -0.2) is 10.9 Å². The van der Waals surface area contributed by atoms with Crippen molar-refractivity contribution >= 4 is 34.8 Å². The summed E-state index contributed by atoms with van der Waals surface area (Å²) in [6.07, 6.45) is 7.43. The first-order valence-corrected chi connectivity index (χ1v) is 5.98. The van der Waals surface area contributed by atoms with Crippen LogP contribution >= 0.6 is 34.8 Å². The third kappa shape index (κ3) is 2.30. The summed E-state index contributed by atoms with van der Waals surface area (Å²) in [6, 6.07) is 0. The molecule has 0 aromatic carbocycles. The first-order valence-electron chi connectivity index (χ1n) is 4.85. The lowest BCUT2D eigenvalue weighted by molar-refractivity contribution is 0.168. The Balaban J connectivity index is 1.90. The summed E-state index contributed by atoms with van der Waals surface area (Å²) >= 11 is 18.0. The van der Waals surface area contributed by atoms with Gasteiger partial charge in [0.25, 0.3) is 0 Å². The molecule has 0 spiro atoms. The third-order valence-corrected chi connectivity index (χ3v) is 4.37. The fourth-order valence-electron chi connectivity index (χ4n) is 1.48. The lowest BCUT2D eigenvalue weighted by Gasteiger charge is -2.17. The lowest BCUT2D eigenvalue weighted by atomic mass is 10.1. The summed E-state index contributed by atoms with van der Waals surface area (Å²) in [4.78, 5) is 0. The number of alkyl halides is 2. The van der Waals surface area contributed by atoms with Crippen molar-refractivity contribution in [1.29, 1.82) is 0 Å². The van der Waals surface area contributed by atoms with Crippen molar-refractivity contribution in [2.24, 2.45) is 5.41 Å². The predicted octanol–water partition coefficient (Wildman–Crippen LogP) is 4.20. The van der Waals surface area contributed by atoms with Crippen LogP contribution in [-0.2, 0) is 4.74 Å². The molecule has 1 saturated carbocycles. The maximum atomic E-state index is 6.01. The minimum Gasteiger partial charge on any atom is -0.492 e. The van der Waals surface area contributed by atoms with Crippen molar-refractivity contribution in [2.75, 3.05) is 6.61 Å². The summed E-state index contributed by atoms with van der Waals surface area (Å²) in [7, 11) is 0. The Morgan fingerprint density at radius 3 is 2.67 bits per heavy atom. The van der Waals surface area contributed by atoms with Crippen molar-refractivity contribution in [3.8, 4) is 0 Å². The van der Waals surface area contributed by atoms with E-state index < -0.39 is 4.33 Å². The lowest BCUT2D eigenvalue weighted by Crippen LogP contribution is -2.13. The van der Waals surface area contributed by atoms with E-state index in [-0.39, 0.29) is 5.41 Å². The average Bonchev–Trinajstić information content (AvgIpc) is 2.65. The predicted molar refractivity (Wildman–Crippen MR) is 64.0 cm³/mol. The Kier molecular flexibility index (Phi) is 3.00. The van der Waals surface area contributed by atoms with Gasteiger partial charge in [-0.2, -0.15) is 0 Å². The molecule has 0 aromatic rings. The molecular formula is C11H12Cl3O. The summed E-state index contributed by atoms with van der Waals surface area (Å²) in [5.41, 5.74) is -0.147. The van der Waals surface area contributed by atoms with Gasteiger partial charge < -0.3 is 4.74 Å². The fraction of sp³-hybridized carbons (Fsp3) is 0.545. The molecule has 0 bridgehead atoms. The molecular weight excluding hydrogens is 254 g/mol. The van der Waals surface area contributed by atoms with Gasteiger partial charge in [-0.15, -0.1) is 23.2 Å². The Morgan fingerprint density at radius 1 is 1.47 bits per heavy atom. The van der Waals surface area contributed by atoms with E-state index in [1.54, 1.807) is 0 Å². The van der Waals surface area contributed by atoms with Crippen LogP contribution < -0.4 is 0 Å². The molecule has 1 atom stereocenters. The van der Waals surface area contributed by atoms with Crippen LogP contribution in [0.4, 0.5) is 0 Å². The van der Waals surface area contributed by atoms with Crippen LogP contribution in [0.15, 0.2) is 22.9 Å². The first kappa shape index (κ1) is 11.6. The third-order valence-electron chi connectivity index (χ3n) is 2.85. The number of hydrogen-bond acceptors (Lipinski definition) is 1. The highest BCUT2D eigenvalue weighted by Crippen LogP contribution is 2.63. The maximum Gasteiger partial charge on any atom is 0.133 e. The SMILES string of the molecule is CC1(COC2=C[CH]CC=C2Cl)CC1(Cl)Cl. The Hall–Kier alpha value is 0.150. The molecule has 0 amide bonds. The Bertz CT molecular complexity index is 333. The summed E-state index contributed by atoms with van der Waals surface area (Å²) in [5.74, 6) is 0.708. The fourth-order valence-corrected chi connectivity index (χ4v) is 2.39. The molecule has 1 nitrogen and oxygen atoms in total. The number of rotatable bonds is 3. The molecule has 0 aliphatic heterocycles. The monoisotopic (exact) mass is 265 g/mol. The molecule has 0 saturated heterocycles. The highest BCUT2D eigenvalue weighted by Gasteiger charge is 2.63. The van der Waals surface area contributed by atoms with Crippen LogP contribution in [0.3, 0.4) is 0 Å². The van der Waals surface area contributed by atoms with Crippen LogP contribution in [0.25, 0.3) is 0 Å². The van der Waals surface area contributed by atoms with Gasteiger partial charge in [-0.05, 0) is 25.3 Å². The van der Waals surface area contributed by atoms with Crippen LogP contribution in [0, 0.1) is 11.8 Å². The van der Waals surface area contributed by atoms with Gasteiger partial charge in [0.05, 0.1) is 11.6 Å². The van der Waals surface area contributed by atoms with Gasteiger partial charge in [0.15, 0.2) is 0 Å². The van der Waals surface area contributed by atoms with Gasteiger partial charge in [0.2, 0.25) is 0 Å². The highest BCUT2D eigenvalue weighted by atomic mass is 35.5. The molecule has 0 aromatic heterocycles. The van der Waals surface area contributed by atoms with Crippen LogP contribution in [0.5, 0.6) is 0 Å². The second-order valence-corrected chi connectivity index (χ2v) is 6.18. The average molecular weight is 267 g/mol. The zero-order valence-electron chi connectivity index (χ0n) is 8.40. The van der Waals surface area contributed by atoms with E-state index in [9.17, 15) is 0 Å². The quantitative estimate of drug-likeness (QED) is 0.696. The van der Waals surface area contributed by atoms with Crippen molar-refractivity contribution in [2.45, 2.75) is 24.1 Å². The van der Waals surface area contributed by atoms with Crippen molar-refractivity contribution < 1.29 is 4.74 Å². The molecule has 15 heavy (non-hydrogen) atoms. The molecule has 1 fully saturated rings. The second kappa shape index (κ2) is 3.87. The normalized spacial score (nSPS) is 33.1. The molecule has 0 heterocycles. The van der Waals surface area contributed by atoms with Crippen molar-refractivity contribution in [3.05, 3.63) is 29.4 Å². The number of hydrogen-bond donors (Lipinski definition) is 0. The molecule has 83 valence electrons. The van der Waals surface area contributed by atoms with Gasteiger partial charge in [0, 0.05) is 5.41 Å². The molecule has 2 rings (SSSR count). The van der Waals surface area contributed by atoms with Crippen molar-refractivity contribution in [3.63, 3.8) is 0 Å². The molecule has 0 N–H and O–H groups in total. The first-order chi connectivity index (χ1) is 6.95. The standard InChI is InChI=1S/C11H12Cl3O/c1-10(6-11(10,13)14)7-15-9-5-3-2-4-8(9)12/h3-5H,2,6-7H2,1H3. The minimum absolute atomic E-state index is 0.147. The van der Waals surface area contributed by atoms with Gasteiger partial charge in [-0.1, -0.05) is 24.6 Å². The Morgan fingerprint density at radius 2 is 2.13 bits per heavy atom. The van der Waals surface area contributed by atoms with Gasteiger partial charge in [0.1, 0.15) is 10.1 Å². The topological polar surface area (TPSA) is 9.23 Å². The van der Waals surface area contributed by atoms with E-state index >= 15 is 0 Å². The largest absolute Gasteiger partial charge is 0.492 e. The van der Waals surface area contributed by atoms with E-state index in [0.717, 1.165) is 12.8 Å². The minimum atomic E-state index is -0.637. The smallest absolute Gasteiger partial charge is 0.133 e. The van der Waals surface area contributed by atoms with E-state index in [1.807, 2.05) is 25.5 Å². The number of allylic oxidation sites excluding steroid dienone is 3. The summed E-state index contributed by atoms with van der Waals surface area (Å²) < 4.78 is 4.98.